The van der Waals surface area contributed by atoms with Crippen LogP contribution in [-0.4, -0.2) is 81.0 Å². The first-order valence-electron chi connectivity index (χ1n) is 15.1. The number of nitrogens with two attached hydrogens (primary N) is 1. The first-order chi connectivity index (χ1) is 20.2. The number of hydrogen-bond donors (Lipinski definition) is 3. The summed E-state index contributed by atoms with van der Waals surface area (Å²) in [4.78, 5) is 31.3. The van der Waals surface area contributed by atoms with Gasteiger partial charge in [0.2, 0.25) is 17.8 Å². The summed E-state index contributed by atoms with van der Waals surface area (Å²) in [6.45, 7) is 4.59. The van der Waals surface area contributed by atoms with Crippen LogP contribution in [0.4, 0.5) is 26.4 Å². The van der Waals surface area contributed by atoms with E-state index in [4.69, 9.17) is 15.7 Å². The average Bonchev–Trinajstić information content (AvgIpc) is 3.35. The summed E-state index contributed by atoms with van der Waals surface area (Å²) in [5, 5.41) is 6.54. The summed E-state index contributed by atoms with van der Waals surface area (Å²) in [5.74, 6) is -0.273. The molecule has 228 valence electrons. The molecule has 4 N–H and O–H groups in total. The van der Waals surface area contributed by atoms with Gasteiger partial charge in [-0.25, -0.2) is 18.7 Å². The second-order valence-electron chi connectivity index (χ2n) is 11.9. The maximum Gasteiger partial charge on any atom is 0.225 e. The van der Waals surface area contributed by atoms with Crippen LogP contribution in [0.25, 0.3) is 11.2 Å². The molecular weight excluding hydrogens is 540 g/mol. The first kappa shape index (κ1) is 30.1. The largest absolute Gasteiger partial charge is 0.351 e. The van der Waals surface area contributed by atoms with Gasteiger partial charge >= 0.3 is 0 Å². The highest BCUT2D eigenvalue weighted by Gasteiger charge is 2.32. The fourth-order valence-corrected chi connectivity index (χ4v) is 6.03. The lowest BCUT2D eigenvalue weighted by Gasteiger charge is -2.32. The molecule has 0 spiro atoms. The number of likely N-dealkylation sites (N-methyl/N-ethyl adjacent to an activating group) is 2. The summed E-state index contributed by atoms with van der Waals surface area (Å²) in [6, 6.07) is 3.91. The van der Waals surface area contributed by atoms with Crippen LogP contribution < -0.4 is 16.4 Å². The van der Waals surface area contributed by atoms with E-state index in [1.807, 2.05) is 16.5 Å². The van der Waals surface area contributed by atoms with E-state index in [0.717, 1.165) is 70.5 Å². The third kappa shape index (κ3) is 6.97. The Morgan fingerprint density at radius 3 is 2.48 bits per heavy atom. The molecule has 5 rings (SSSR count). The summed E-state index contributed by atoms with van der Waals surface area (Å²) in [7, 11) is 3.93. The van der Waals surface area contributed by atoms with Crippen LogP contribution in [0.2, 0.25) is 0 Å². The number of rotatable bonds is 10. The molecule has 1 aromatic carbocycles. The SMILES string of the molecule is CCN(C)CCN(C)C(=O)C1CCC(n2c(Nc3ccc(F)cc3F)nc3cnc(NC4CCC(N)CC4)nc32)CC1. The number of carbonyl (C=O) groups excluding carboxylic acids is 1. The number of aromatic nitrogens is 4. The van der Waals surface area contributed by atoms with Crippen molar-refractivity contribution in [1.82, 2.24) is 29.3 Å². The van der Waals surface area contributed by atoms with Crippen molar-refractivity contribution < 1.29 is 13.6 Å². The average molecular weight is 584 g/mol. The third-order valence-electron chi connectivity index (χ3n) is 8.86. The van der Waals surface area contributed by atoms with Crippen LogP contribution in [0.15, 0.2) is 24.4 Å². The number of imidazole rings is 1. The van der Waals surface area contributed by atoms with Crippen molar-refractivity contribution >= 4 is 34.7 Å². The summed E-state index contributed by atoms with van der Waals surface area (Å²) in [6.07, 6.45) is 8.48. The Morgan fingerprint density at radius 2 is 1.79 bits per heavy atom. The van der Waals surface area contributed by atoms with E-state index < -0.39 is 11.6 Å². The van der Waals surface area contributed by atoms with E-state index in [0.29, 0.717) is 29.6 Å². The molecule has 2 aromatic heterocycles. The maximum absolute atomic E-state index is 14.6. The molecule has 2 aliphatic rings. The second-order valence-corrected chi connectivity index (χ2v) is 11.9. The number of fused-ring (bicyclic) bond motifs is 1. The molecule has 0 aliphatic heterocycles. The van der Waals surface area contributed by atoms with Crippen molar-refractivity contribution in [2.45, 2.75) is 76.4 Å². The van der Waals surface area contributed by atoms with E-state index in [1.165, 1.54) is 12.1 Å². The van der Waals surface area contributed by atoms with Gasteiger partial charge in [0, 0.05) is 50.2 Å². The molecule has 2 fully saturated rings. The predicted octanol–water partition coefficient (Wildman–Crippen LogP) is 4.67. The van der Waals surface area contributed by atoms with Gasteiger partial charge in [0.05, 0.1) is 11.9 Å². The highest BCUT2D eigenvalue weighted by atomic mass is 19.1. The van der Waals surface area contributed by atoms with Crippen molar-refractivity contribution in [3.63, 3.8) is 0 Å². The second kappa shape index (κ2) is 13.3. The molecular formula is C30H43F2N9O. The maximum atomic E-state index is 14.6. The zero-order chi connectivity index (χ0) is 29.8. The molecule has 0 unspecified atom stereocenters. The van der Waals surface area contributed by atoms with Crippen LogP contribution in [0.5, 0.6) is 0 Å². The molecule has 10 nitrogen and oxygen atoms in total. The van der Waals surface area contributed by atoms with E-state index >= 15 is 0 Å². The summed E-state index contributed by atoms with van der Waals surface area (Å²) >= 11 is 0. The van der Waals surface area contributed by atoms with Gasteiger partial charge in [-0.3, -0.25) is 9.36 Å². The van der Waals surface area contributed by atoms with E-state index in [2.05, 4.69) is 34.5 Å². The Morgan fingerprint density at radius 1 is 1.05 bits per heavy atom. The van der Waals surface area contributed by atoms with Crippen molar-refractivity contribution in [2.24, 2.45) is 11.7 Å². The molecule has 3 aromatic rings. The van der Waals surface area contributed by atoms with Crippen LogP contribution in [0.3, 0.4) is 0 Å². The van der Waals surface area contributed by atoms with Gasteiger partial charge in [-0.05, 0) is 77.1 Å². The highest BCUT2D eigenvalue weighted by molar-refractivity contribution is 5.79. The Balaban J connectivity index is 1.37. The first-order valence-corrected chi connectivity index (χ1v) is 15.1. The Labute approximate surface area is 246 Å². The van der Waals surface area contributed by atoms with E-state index in [9.17, 15) is 13.6 Å². The van der Waals surface area contributed by atoms with Crippen LogP contribution in [0, 0.1) is 17.6 Å². The Bertz CT molecular complexity index is 1370. The zero-order valence-corrected chi connectivity index (χ0v) is 24.8. The van der Waals surface area contributed by atoms with Gasteiger partial charge in [0.15, 0.2) is 5.65 Å². The van der Waals surface area contributed by atoms with E-state index in [-0.39, 0.29) is 35.6 Å². The third-order valence-corrected chi connectivity index (χ3v) is 8.86. The number of amides is 1. The van der Waals surface area contributed by atoms with E-state index in [1.54, 1.807) is 6.20 Å². The number of nitrogens with zero attached hydrogens (tertiary/aromatic N) is 6. The molecule has 0 radical (unpaired) electrons. The molecule has 2 saturated carbocycles. The van der Waals surface area contributed by atoms with Gasteiger partial charge in [-0.15, -0.1) is 0 Å². The number of benzene rings is 1. The number of nitrogens with one attached hydrogen (secondary N) is 2. The lowest BCUT2D eigenvalue weighted by Crippen LogP contribution is -2.39. The van der Waals surface area contributed by atoms with Crippen molar-refractivity contribution in [2.75, 3.05) is 44.4 Å². The minimum absolute atomic E-state index is 0.00276. The summed E-state index contributed by atoms with van der Waals surface area (Å²) < 4.78 is 30.2. The number of carbonyl (C=O) groups is 1. The van der Waals surface area contributed by atoms with Gasteiger partial charge in [-0.2, -0.15) is 4.98 Å². The fraction of sp³-hybridized carbons (Fsp3) is 0.600. The van der Waals surface area contributed by atoms with Gasteiger partial charge < -0.3 is 26.2 Å². The van der Waals surface area contributed by atoms with Gasteiger partial charge in [0.25, 0.3) is 0 Å². The molecule has 0 saturated heterocycles. The van der Waals surface area contributed by atoms with Crippen LogP contribution >= 0.6 is 0 Å². The smallest absolute Gasteiger partial charge is 0.225 e. The molecule has 2 aliphatic carbocycles. The van der Waals surface area contributed by atoms with Crippen molar-refractivity contribution in [3.05, 3.63) is 36.0 Å². The topological polar surface area (TPSA) is 117 Å². The lowest BCUT2D eigenvalue weighted by atomic mass is 9.85. The monoisotopic (exact) mass is 583 g/mol. The number of halogens is 2. The standard InChI is InChI=1S/C30H43F2N9O/c1-4-39(2)15-16-40(3)28(42)19-5-12-23(13-6-19)41-27-26(37-30(41)36-25-14-7-20(31)17-24(25)32)18-34-29(38-27)35-22-10-8-21(33)9-11-22/h7,14,17-19,21-23H,4-6,8-13,15-16,33H2,1-3H3,(H,36,37)(H,34,35,38). The number of anilines is 3. The molecule has 0 atom stereocenters. The molecule has 42 heavy (non-hydrogen) atoms. The zero-order valence-electron chi connectivity index (χ0n) is 24.8. The van der Waals surface area contributed by atoms with Crippen molar-refractivity contribution in [3.8, 4) is 0 Å². The lowest BCUT2D eigenvalue weighted by molar-refractivity contribution is -0.135. The Kier molecular flexibility index (Phi) is 9.52. The van der Waals surface area contributed by atoms with Crippen LogP contribution in [-0.2, 0) is 4.79 Å². The van der Waals surface area contributed by atoms with Crippen molar-refractivity contribution in [1.29, 1.82) is 0 Å². The highest BCUT2D eigenvalue weighted by Crippen LogP contribution is 2.38. The molecule has 2 heterocycles. The quantitative estimate of drug-likeness (QED) is 0.315. The minimum Gasteiger partial charge on any atom is -0.351 e. The minimum atomic E-state index is -0.705. The van der Waals surface area contributed by atoms with Crippen LogP contribution in [0.1, 0.15) is 64.3 Å². The normalized spacial score (nSPS) is 22.8. The fourth-order valence-electron chi connectivity index (χ4n) is 6.03. The molecule has 1 amide bonds. The Hall–Kier alpha value is -3.38. The predicted molar refractivity (Wildman–Crippen MR) is 161 cm³/mol. The number of hydrogen-bond acceptors (Lipinski definition) is 8. The van der Waals surface area contributed by atoms with Gasteiger partial charge in [-0.1, -0.05) is 6.92 Å². The van der Waals surface area contributed by atoms with Gasteiger partial charge in [0.1, 0.15) is 17.2 Å². The molecule has 12 heteroatoms. The molecule has 0 bridgehead atoms. The summed E-state index contributed by atoms with van der Waals surface area (Å²) in [5.41, 5.74) is 7.42.